The first-order valence-electron chi connectivity index (χ1n) is 6.89. The van der Waals surface area contributed by atoms with E-state index < -0.39 is 5.41 Å². The third kappa shape index (κ3) is 2.67. The van der Waals surface area contributed by atoms with Crippen molar-refractivity contribution < 1.29 is 4.79 Å². The van der Waals surface area contributed by atoms with Gasteiger partial charge in [-0.2, -0.15) is 0 Å². The van der Waals surface area contributed by atoms with Crippen molar-refractivity contribution in [2.75, 3.05) is 18.0 Å². The maximum Gasteiger partial charge on any atom is 0.234 e. The van der Waals surface area contributed by atoms with Crippen LogP contribution in [0, 0.1) is 5.41 Å². The highest BCUT2D eigenvalue weighted by Crippen LogP contribution is 2.37. The molecule has 2 N–H and O–H groups in total. The van der Waals surface area contributed by atoms with Crippen molar-refractivity contribution in [3.8, 4) is 0 Å². The van der Waals surface area contributed by atoms with Crippen LogP contribution >= 0.6 is 24.0 Å². The number of fused-ring (bicyclic) bond motifs is 1. The summed E-state index contributed by atoms with van der Waals surface area (Å²) in [4.78, 5) is 14.7. The summed E-state index contributed by atoms with van der Waals surface area (Å²) in [6.45, 7) is 5.16. The Labute approximate surface area is 131 Å². The maximum absolute atomic E-state index is 12.8. The molecule has 112 valence electrons. The van der Waals surface area contributed by atoms with E-state index in [9.17, 15) is 4.79 Å². The molecule has 0 spiro atoms. The van der Waals surface area contributed by atoms with Crippen LogP contribution in [0.3, 0.4) is 0 Å². The second-order valence-corrected chi connectivity index (χ2v) is 5.54. The Hall–Kier alpha value is -0.770. The van der Waals surface area contributed by atoms with Crippen LogP contribution in [-0.2, 0) is 11.2 Å². The number of anilines is 1. The van der Waals surface area contributed by atoms with Gasteiger partial charge in [0.2, 0.25) is 5.91 Å². The molecule has 1 heterocycles. The minimum Gasteiger partial charge on any atom is -0.329 e. The highest BCUT2D eigenvalue weighted by molar-refractivity contribution is 6.32. The fourth-order valence-electron chi connectivity index (χ4n) is 2.82. The SMILES string of the molecule is CCC(CC)(CN)C(=O)N1CCc2c(Cl)cccc21.Cl. The predicted octanol–water partition coefficient (Wildman–Crippen LogP) is 3.42. The van der Waals surface area contributed by atoms with Crippen molar-refractivity contribution >= 4 is 35.6 Å². The topological polar surface area (TPSA) is 46.3 Å². The Morgan fingerprint density at radius 2 is 2.05 bits per heavy atom. The summed E-state index contributed by atoms with van der Waals surface area (Å²) >= 11 is 6.19. The number of carbonyl (C=O) groups excluding carboxylic acids is 1. The average molecular weight is 317 g/mol. The first kappa shape index (κ1) is 17.3. The fraction of sp³-hybridized carbons (Fsp3) is 0.533. The Bertz CT molecular complexity index is 478. The fourth-order valence-corrected chi connectivity index (χ4v) is 3.08. The van der Waals surface area contributed by atoms with E-state index in [2.05, 4.69) is 0 Å². The minimum absolute atomic E-state index is 0. The molecule has 1 aliphatic heterocycles. The van der Waals surface area contributed by atoms with Crippen molar-refractivity contribution in [3.63, 3.8) is 0 Å². The van der Waals surface area contributed by atoms with Crippen molar-refractivity contribution in [3.05, 3.63) is 28.8 Å². The molecule has 5 heteroatoms. The molecule has 3 nitrogen and oxygen atoms in total. The lowest BCUT2D eigenvalue weighted by Crippen LogP contribution is -2.47. The average Bonchev–Trinajstić information content (AvgIpc) is 2.86. The number of hydrogen-bond acceptors (Lipinski definition) is 2. The largest absolute Gasteiger partial charge is 0.329 e. The number of benzene rings is 1. The highest BCUT2D eigenvalue weighted by Gasteiger charge is 2.39. The second-order valence-electron chi connectivity index (χ2n) is 5.14. The first-order chi connectivity index (χ1) is 9.09. The monoisotopic (exact) mass is 316 g/mol. The molecule has 20 heavy (non-hydrogen) atoms. The molecule has 0 aromatic heterocycles. The molecule has 2 rings (SSSR count). The van der Waals surface area contributed by atoms with E-state index in [1.807, 2.05) is 36.9 Å². The van der Waals surface area contributed by atoms with Crippen LogP contribution in [0.5, 0.6) is 0 Å². The lowest BCUT2D eigenvalue weighted by atomic mass is 9.81. The van der Waals surface area contributed by atoms with Crippen LogP contribution in [0.15, 0.2) is 18.2 Å². The molecule has 0 aliphatic carbocycles. The third-order valence-electron chi connectivity index (χ3n) is 4.41. The van der Waals surface area contributed by atoms with Gasteiger partial charge in [-0.15, -0.1) is 12.4 Å². The zero-order valence-electron chi connectivity index (χ0n) is 12.0. The summed E-state index contributed by atoms with van der Waals surface area (Å²) in [5, 5.41) is 0.749. The van der Waals surface area contributed by atoms with Gasteiger partial charge in [-0.25, -0.2) is 0 Å². The minimum atomic E-state index is -0.441. The summed E-state index contributed by atoms with van der Waals surface area (Å²) in [7, 11) is 0. The Balaban J connectivity index is 0.00000200. The van der Waals surface area contributed by atoms with Gasteiger partial charge < -0.3 is 10.6 Å². The molecule has 0 atom stereocenters. The zero-order valence-corrected chi connectivity index (χ0v) is 13.6. The number of nitrogens with two attached hydrogens (primary N) is 1. The Kier molecular flexibility index (Phi) is 5.87. The van der Waals surface area contributed by atoms with Crippen molar-refractivity contribution in [2.24, 2.45) is 11.1 Å². The molecule has 1 aliphatic rings. The van der Waals surface area contributed by atoms with Gasteiger partial charge in [-0.05, 0) is 37.0 Å². The van der Waals surface area contributed by atoms with Crippen molar-refractivity contribution in [1.82, 2.24) is 0 Å². The lowest BCUT2D eigenvalue weighted by molar-refractivity contribution is -0.128. The van der Waals surface area contributed by atoms with Gasteiger partial charge in [0, 0.05) is 23.8 Å². The predicted molar refractivity (Wildman–Crippen MR) is 86.8 cm³/mol. The number of nitrogens with zero attached hydrogens (tertiary/aromatic N) is 1. The van der Waals surface area contributed by atoms with Crippen LogP contribution in [0.4, 0.5) is 5.69 Å². The van der Waals surface area contributed by atoms with E-state index in [1.54, 1.807) is 0 Å². The number of rotatable bonds is 4. The summed E-state index contributed by atoms with van der Waals surface area (Å²) < 4.78 is 0. The number of hydrogen-bond donors (Lipinski definition) is 1. The number of halogens is 2. The quantitative estimate of drug-likeness (QED) is 0.925. The van der Waals surface area contributed by atoms with Crippen LogP contribution in [0.25, 0.3) is 0 Å². The molecule has 1 aromatic carbocycles. The standard InChI is InChI=1S/C15H21ClN2O.ClH/c1-3-15(4-2,10-17)14(19)18-9-8-11-12(16)6-5-7-13(11)18;/h5-7H,3-4,8-10,17H2,1-2H3;1H. The second kappa shape index (κ2) is 6.79. The molecule has 0 saturated heterocycles. The van der Waals surface area contributed by atoms with E-state index in [1.165, 1.54) is 0 Å². The maximum atomic E-state index is 12.8. The van der Waals surface area contributed by atoms with Crippen LogP contribution in [0.2, 0.25) is 5.02 Å². The van der Waals surface area contributed by atoms with Gasteiger partial charge >= 0.3 is 0 Å². The molecule has 0 bridgehead atoms. The van der Waals surface area contributed by atoms with Crippen LogP contribution < -0.4 is 10.6 Å². The van der Waals surface area contributed by atoms with Gasteiger partial charge in [0.25, 0.3) is 0 Å². The van der Waals surface area contributed by atoms with Gasteiger partial charge in [0.05, 0.1) is 5.41 Å². The molecule has 0 radical (unpaired) electrons. The molecule has 1 aromatic rings. The van der Waals surface area contributed by atoms with Crippen LogP contribution in [-0.4, -0.2) is 19.0 Å². The Morgan fingerprint density at radius 3 is 2.60 bits per heavy atom. The first-order valence-corrected chi connectivity index (χ1v) is 7.27. The highest BCUT2D eigenvalue weighted by atomic mass is 35.5. The smallest absolute Gasteiger partial charge is 0.234 e. The summed E-state index contributed by atoms with van der Waals surface area (Å²) in [5.74, 6) is 0.140. The molecular weight excluding hydrogens is 295 g/mol. The van der Waals surface area contributed by atoms with E-state index in [0.29, 0.717) is 13.1 Å². The normalized spacial score (nSPS) is 13.9. The summed E-state index contributed by atoms with van der Waals surface area (Å²) in [5.41, 5.74) is 7.47. The summed E-state index contributed by atoms with van der Waals surface area (Å²) in [6, 6.07) is 5.75. The van der Waals surface area contributed by atoms with E-state index in [0.717, 1.165) is 35.5 Å². The molecule has 0 saturated carbocycles. The number of carbonyl (C=O) groups is 1. The summed E-state index contributed by atoms with van der Waals surface area (Å²) in [6.07, 6.45) is 2.37. The Morgan fingerprint density at radius 1 is 1.40 bits per heavy atom. The van der Waals surface area contributed by atoms with Gasteiger partial charge in [-0.1, -0.05) is 31.5 Å². The molecular formula is C15H22Cl2N2O. The van der Waals surface area contributed by atoms with Gasteiger partial charge in [-0.3, -0.25) is 4.79 Å². The number of amides is 1. The molecule has 1 amide bonds. The van der Waals surface area contributed by atoms with Gasteiger partial charge in [0.1, 0.15) is 0 Å². The zero-order chi connectivity index (χ0) is 14.0. The van der Waals surface area contributed by atoms with E-state index in [-0.39, 0.29) is 18.3 Å². The molecule has 0 unspecified atom stereocenters. The van der Waals surface area contributed by atoms with Crippen molar-refractivity contribution in [1.29, 1.82) is 0 Å². The van der Waals surface area contributed by atoms with Crippen LogP contribution in [0.1, 0.15) is 32.3 Å². The van der Waals surface area contributed by atoms with E-state index >= 15 is 0 Å². The molecule has 0 fully saturated rings. The van der Waals surface area contributed by atoms with Crippen molar-refractivity contribution in [2.45, 2.75) is 33.1 Å². The van der Waals surface area contributed by atoms with Gasteiger partial charge in [0.15, 0.2) is 0 Å². The van der Waals surface area contributed by atoms with E-state index in [4.69, 9.17) is 17.3 Å². The third-order valence-corrected chi connectivity index (χ3v) is 4.77. The lowest BCUT2D eigenvalue weighted by Gasteiger charge is -2.33.